The third-order valence-corrected chi connectivity index (χ3v) is 7.83. The summed E-state index contributed by atoms with van der Waals surface area (Å²) in [5, 5.41) is 16.5. The van der Waals surface area contributed by atoms with E-state index in [2.05, 4.69) is 20.6 Å². The highest BCUT2D eigenvalue weighted by molar-refractivity contribution is 7.98. The number of pyridine rings is 2. The van der Waals surface area contributed by atoms with Gasteiger partial charge < -0.3 is 25.2 Å². The van der Waals surface area contributed by atoms with Gasteiger partial charge in [0, 0.05) is 23.1 Å². The summed E-state index contributed by atoms with van der Waals surface area (Å²) in [5.41, 5.74) is -3.13. The Bertz CT molecular complexity index is 1530. The smallest absolute Gasteiger partial charge is 0.407 e. The van der Waals surface area contributed by atoms with Crippen molar-refractivity contribution in [2.45, 2.75) is 75.4 Å². The van der Waals surface area contributed by atoms with Gasteiger partial charge in [0.25, 0.3) is 5.91 Å². The average Bonchev–Trinajstić information content (AvgIpc) is 2.91. The van der Waals surface area contributed by atoms with Crippen LogP contribution in [0.1, 0.15) is 63.2 Å². The SMILES string of the molecule is CSc1ccc(F)c(-c2nc(C(=O)Nc3cnccc3C3CC(NC(=O)OC(C)(C)C)C(C)(O)C(C)O3)ccc2F)c1F. The maximum absolute atomic E-state index is 15.0. The van der Waals surface area contributed by atoms with Crippen molar-refractivity contribution in [3.63, 3.8) is 0 Å². The van der Waals surface area contributed by atoms with E-state index in [1.54, 1.807) is 46.9 Å². The predicted molar refractivity (Wildman–Crippen MR) is 155 cm³/mol. The normalized spacial score (nSPS) is 22.1. The van der Waals surface area contributed by atoms with Gasteiger partial charge in [-0.25, -0.2) is 22.9 Å². The summed E-state index contributed by atoms with van der Waals surface area (Å²) in [7, 11) is 0. The molecule has 1 aromatic carbocycles. The van der Waals surface area contributed by atoms with Crippen molar-refractivity contribution in [1.82, 2.24) is 15.3 Å². The van der Waals surface area contributed by atoms with Crippen molar-refractivity contribution in [3.05, 3.63) is 71.4 Å². The molecule has 1 aliphatic heterocycles. The molecule has 2 amide bonds. The minimum Gasteiger partial charge on any atom is -0.444 e. The molecule has 3 heterocycles. The molecule has 3 aromatic rings. The first-order valence-electron chi connectivity index (χ1n) is 13.4. The summed E-state index contributed by atoms with van der Waals surface area (Å²) in [4.78, 5) is 33.9. The molecule has 0 radical (unpaired) electrons. The van der Waals surface area contributed by atoms with Crippen LogP contribution >= 0.6 is 11.8 Å². The number of thioether (sulfide) groups is 1. The van der Waals surface area contributed by atoms with Gasteiger partial charge in [-0.15, -0.1) is 11.8 Å². The number of ether oxygens (including phenoxy) is 2. The zero-order chi connectivity index (χ0) is 31.7. The molecular weight excluding hydrogens is 585 g/mol. The number of carbonyl (C=O) groups excluding carboxylic acids is 2. The zero-order valence-corrected chi connectivity index (χ0v) is 25.3. The molecule has 4 atom stereocenters. The Morgan fingerprint density at radius 2 is 1.84 bits per heavy atom. The molecule has 1 saturated heterocycles. The number of nitrogens with one attached hydrogen (secondary N) is 2. The highest BCUT2D eigenvalue weighted by Crippen LogP contribution is 2.39. The molecule has 43 heavy (non-hydrogen) atoms. The Labute approximate surface area is 251 Å². The van der Waals surface area contributed by atoms with E-state index in [1.807, 2.05) is 0 Å². The lowest BCUT2D eigenvalue weighted by molar-refractivity contribution is -0.176. The summed E-state index contributed by atoms with van der Waals surface area (Å²) >= 11 is 1.02. The molecular formula is C30H33F3N4O5S. The lowest BCUT2D eigenvalue weighted by Gasteiger charge is -2.45. The van der Waals surface area contributed by atoms with Gasteiger partial charge in [-0.05, 0) is 71.2 Å². The summed E-state index contributed by atoms with van der Waals surface area (Å²) < 4.78 is 55.8. The van der Waals surface area contributed by atoms with Crippen LogP contribution < -0.4 is 10.6 Å². The standard InChI is InChI=1S/C30H33F3N4O5S/c1-15-30(5,40)23(37-28(39)42-29(2,3)4)13-21(41-15)16-11-12-34-14-20(16)36-27(38)19-9-7-18(32)26(35-19)24-17(31)8-10-22(43-6)25(24)33/h7-12,14-15,21,23,40H,13H2,1-6H3,(H,36,38)(H,37,39). The number of benzene rings is 1. The number of nitrogens with zero attached hydrogens (tertiary/aromatic N) is 2. The fourth-order valence-corrected chi connectivity index (χ4v) is 5.15. The second-order valence-corrected chi connectivity index (χ2v) is 12.2. The van der Waals surface area contributed by atoms with Gasteiger partial charge in [-0.2, -0.15) is 0 Å². The number of alkyl carbamates (subject to hydrolysis) is 1. The Kier molecular flexibility index (Phi) is 9.38. The zero-order valence-electron chi connectivity index (χ0n) is 24.5. The quantitative estimate of drug-likeness (QED) is 0.287. The molecule has 4 unspecified atom stereocenters. The van der Waals surface area contributed by atoms with E-state index < -0.39 is 70.2 Å². The van der Waals surface area contributed by atoms with Crippen LogP contribution in [0.2, 0.25) is 0 Å². The van der Waals surface area contributed by atoms with Crippen molar-refractivity contribution in [2.24, 2.45) is 0 Å². The molecule has 0 bridgehead atoms. The number of aliphatic hydroxyl groups is 1. The van der Waals surface area contributed by atoms with Gasteiger partial charge in [-0.1, -0.05) is 0 Å². The fraction of sp³-hybridized carbons (Fsp3) is 0.400. The first kappa shape index (κ1) is 32.2. The maximum Gasteiger partial charge on any atom is 0.407 e. The Morgan fingerprint density at radius 3 is 2.51 bits per heavy atom. The number of hydrogen-bond acceptors (Lipinski definition) is 8. The number of hydrogen-bond donors (Lipinski definition) is 3. The second kappa shape index (κ2) is 12.5. The fourth-order valence-electron chi connectivity index (χ4n) is 4.66. The highest BCUT2D eigenvalue weighted by Gasteiger charge is 2.46. The third kappa shape index (κ3) is 7.11. The molecule has 9 nitrogen and oxygen atoms in total. The van der Waals surface area contributed by atoms with Gasteiger partial charge in [0.05, 0.1) is 35.7 Å². The van der Waals surface area contributed by atoms with E-state index in [0.717, 1.165) is 30.0 Å². The number of aromatic nitrogens is 2. The molecule has 0 saturated carbocycles. The first-order chi connectivity index (χ1) is 20.1. The topological polar surface area (TPSA) is 123 Å². The van der Waals surface area contributed by atoms with Crippen molar-refractivity contribution in [2.75, 3.05) is 11.6 Å². The number of rotatable bonds is 6. The van der Waals surface area contributed by atoms with Gasteiger partial charge in [0.15, 0.2) is 0 Å². The van der Waals surface area contributed by atoms with E-state index in [4.69, 9.17) is 9.47 Å². The van der Waals surface area contributed by atoms with Crippen LogP contribution in [-0.4, -0.2) is 56.7 Å². The predicted octanol–water partition coefficient (Wildman–Crippen LogP) is 6.03. The number of anilines is 1. The van der Waals surface area contributed by atoms with E-state index in [1.165, 1.54) is 18.5 Å². The molecule has 0 aliphatic carbocycles. The average molecular weight is 619 g/mol. The lowest BCUT2D eigenvalue weighted by atomic mass is 9.82. The van der Waals surface area contributed by atoms with Crippen molar-refractivity contribution < 1.29 is 37.3 Å². The number of halogens is 3. The van der Waals surface area contributed by atoms with Crippen LogP contribution in [0.4, 0.5) is 23.7 Å². The van der Waals surface area contributed by atoms with Crippen LogP contribution in [0.3, 0.4) is 0 Å². The highest BCUT2D eigenvalue weighted by atomic mass is 32.2. The molecule has 13 heteroatoms. The minimum atomic E-state index is -1.45. The van der Waals surface area contributed by atoms with Crippen LogP contribution in [0.15, 0.2) is 47.6 Å². The van der Waals surface area contributed by atoms with Gasteiger partial charge in [-0.3, -0.25) is 9.78 Å². The van der Waals surface area contributed by atoms with E-state index >= 15 is 0 Å². The summed E-state index contributed by atoms with van der Waals surface area (Å²) in [6, 6.07) is 5.07. The number of amides is 2. The Hall–Kier alpha value is -3.68. The second-order valence-electron chi connectivity index (χ2n) is 11.3. The summed E-state index contributed by atoms with van der Waals surface area (Å²) in [6.07, 6.45) is 2.41. The van der Waals surface area contributed by atoms with E-state index in [-0.39, 0.29) is 22.7 Å². The number of carbonyl (C=O) groups is 2. The Balaban J connectivity index is 1.61. The molecule has 1 aliphatic rings. The third-order valence-electron chi connectivity index (χ3n) is 7.08. The van der Waals surface area contributed by atoms with Crippen molar-refractivity contribution >= 4 is 29.4 Å². The monoisotopic (exact) mass is 618 g/mol. The van der Waals surface area contributed by atoms with Crippen molar-refractivity contribution in [3.8, 4) is 11.3 Å². The minimum absolute atomic E-state index is 0.0904. The largest absolute Gasteiger partial charge is 0.444 e. The van der Waals surface area contributed by atoms with E-state index in [0.29, 0.717) is 5.56 Å². The van der Waals surface area contributed by atoms with Gasteiger partial charge in [0.1, 0.15) is 40.0 Å². The lowest BCUT2D eigenvalue weighted by Crippen LogP contribution is -2.61. The molecule has 2 aromatic heterocycles. The van der Waals surface area contributed by atoms with Gasteiger partial charge >= 0.3 is 6.09 Å². The molecule has 3 N–H and O–H groups in total. The molecule has 0 spiro atoms. The van der Waals surface area contributed by atoms with E-state index in [9.17, 15) is 27.9 Å². The van der Waals surface area contributed by atoms with Gasteiger partial charge in [0.2, 0.25) is 0 Å². The van der Waals surface area contributed by atoms with Crippen LogP contribution in [0, 0.1) is 17.5 Å². The van der Waals surface area contributed by atoms with Crippen molar-refractivity contribution in [1.29, 1.82) is 0 Å². The first-order valence-corrected chi connectivity index (χ1v) is 14.7. The molecule has 1 fully saturated rings. The molecule has 4 rings (SSSR count). The molecule has 230 valence electrons. The van der Waals surface area contributed by atoms with Crippen LogP contribution in [-0.2, 0) is 9.47 Å². The Morgan fingerprint density at radius 1 is 1.14 bits per heavy atom. The van der Waals surface area contributed by atoms with Crippen LogP contribution in [0.25, 0.3) is 11.3 Å². The van der Waals surface area contributed by atoms with Crippen LogP contribution in [0.5, 0.6) is 0 Å². The summed E-state index contributed by atoms with van der Waals surface area (Å²) in [6.45, 7) is 8.37. The maximum atomic E-state index is 15.0. The summed E-state index contributed by atoms with van der Waals surface area (Å²) in [5.74, 6) is -3.81.